The molecular formula is C15H13BrClNO. The van der Waals surface area contributed by atoms with Gasteiger partial charge in [-0.3, -0.25) is 4.79 Å². The second kappa shape index (κ2) is 6.22. The molecule has 2 rings (SSSR count). The maximum Gasteiger partial charge on any atom is 0.256 e. The summed E-state index contributed by atoms with van der Waals surface area (Å²) in [5, 5.41) is 3.48. The minimum atomic E-state index is -0.156. The third-order valence-corrected chi connectivity index (χ3v) is 3.66. The van der Waals surface area contributed by atoms with E-state index in [1.54, 1.807) is 18.2 Å². The number of amides is 1. The summed E-state index contributed by atoms with van der Waals surface area (Å²) >= 11 is 9.20. The summed E-state index contributed by atoms with van der Waals surface area (Å²) in [6, 6.07) is 12.9. The molecule has 0 bridgehead atoms. The van der Waals surface area contributed by atoms with Crippen LogP contribution in [0.15, 0.2) is 46.9 Å². The number of aryl methyl sites for hydroxylation is 1. The van der Waals surface area contributed by atoms with E-state index in [2.05, 4.69) is 28.2 Å². The van der Waals surface area contributed by atoms with Gasteiger partial charge in [-0.15, -0.1) is 0 Å². The first kappa shape index (κ1) is 14.1. The van der Waals surface area contributed by atoms with Crippen molar-refractivity contribution < 1.29 is 4.79 Å². The van der Waals surface area contributed by atoms with Crippen LogP contribution in [0.1, 0.15) is 22.8 Å². The van der Waals surface area contributed by atoms with Gasteiger partial charge >= 0.3 is 0 Å². The van der Waals surface area contributed by atoms with Crippen LogP contribution in [0.5, 0.6) is 0 Å². The van der Waals surface area contributed by atoms with Crippen molar-refractivity contribution in [3.63, 3.8) is 0 Å². The molecule has 4 heteroatoms. The summed E-state index contributed by atoms with van der Waals surface area (Å²) in [5.74, 6) is -0.156. The molecule has 1 amide bonds. The number of halogens is 2. The van der Waals surface area contributed by atoms with Gasteiger partial charge in [-0.2, -0.15) is 0 Å². The predicted molar refractivity (Wildman–Crippen MR) is 82.9 cm³/mol. The number of hydrogen-bond acceptors (Lipinski definition) is 1. The number of nitrogens with one attached hydrogen (secondary N) is 1. The van der Waals surface area contributed by atoms with Crippen LogP contribution in [0.3, 0.4) is 0 Å². The average molecular weight is 339 g/mol. The standard InChI is InChI=1S/C15H13BrClNO/c1-2-10-4-3-5-12(8-10)18-15(19)13-7-6-11(17)9-14(13)16/h3-9H,2H2,1H3,(H,18,19). The van der Waals surface area contributed by atoms with Gasteiger partial charge in [0.1, 0.15) is 0 Å². The topological polar surface area (TPSA) is 29.1 Å². The summed E-state index contributed by atoms with van der Waals surface area (Å²) in [7, 11) is 0. The van der Waals surface area contributed by atoms with Crippen molar-refractivity contribution in [1.82, 2.24) is 0 Å². The van der Waals surface area contributed by atoms with E-state index in [0.717, 1.165) is 12.1 Å². The minimum Gasteiger partial charge on any atom is -0.322 e. The zero-order chi connectivity index (χ0) is 13.8. The Morgan fingerprint density at radius 2 is 2.05 bits per heavy atom. The zero-order valence-corrected chi connectivity index (χ0v) is 12.8. The van der Waals surface area contributed by atoms with E-state index in [9.17, 15) is 4.79 Å². The highest BCUT2D eigenvalue weighted by atomic mass is 79.9. The number of rotatable bonds is 3. The number of carbonyl (C=O) groups excluding carboxylic acids is 1. The third kappa shape index (κ3) is 3.58. The highest BCUT2D eigenvalue weighted by Crippen LogP contribution is 2.22. The molecule has 19 heavy (non-hydrogen) atoms. The Bertz CT molecular complexity index is 613. The van der Waals surface area contributed by atoms with E-state index < -0.39 is 0 Å². The van der Waals surface area contributed by atoms with Gasteiger partial charge in [0.15, 0.2) is 0 Å². The van der Waals surface area contributed by atoms with Gasteiger partial charge in [0.05, 0.1) is 5.56 Å². The van der Waals surface area contributed by atoms with Crippen LogP contribution in [-0.2, 0) is 6.42 Å². The molecule has 0 fully saturated rings. The lowest BCUT2D eigenvalue weighted by Crippen LogP contribution is -2.12. The van der Waals surface area contributed by atoms with Gasteiger partial charge in [0.25, 0.3) is 5.91 Å². The van der Waals surface area contributed by atoms with Crippen molar-refractivity contribution in [2.75, 3.05) is 5.32 Å². The molecule has 0 saturated carbocycles. The first-order valence-electron chi connectivity index (χ1n) is 5.95. The van der Waals surface area contributed by atoms with Gasteiger partial charge in [-0.1, -0.05) is 30.7 Å². The van der Waals surface area contributed by atoms with Crippen LogP contribution in [0.2, 0.25) is 5.02 Å². The fourth-order valence-electron chi connectivity index (χ4n) is 1.74. The van der Waals surface area contributed by atoms with E-state index in [0.29, 0.717) is 15.1 Å². The zero-order valence-electron chi connectivity index (χ0n) is 10.4. The Morgan fingerprint density at radius 3 is 2.74 bits per heavy atom. The Labute approximate surface area is 125 Å². The lowest BCUT2D eigenvalue weighted by atomic mass is 10.1. The Balaban J connectivity index is 2.20. The van der Waals surface area contributed by atoms with Crippen molar-refractivity contribution in [2.24, 2.45) is 0 Å². The summed E-state index contributed by atoms with van der Waals surface area (Å²) in [5.41, 5.74) is 2.55. The van der Waals surface area contributed by atoms with Gasteiger partial charge in [0, 0.05) is 15.2 Å². The van der Waals surface area contributed by atoms with Crippen molar-refractivity contribution in [3.8, 4) is 0 Å². The van der Waals surface area contributed by atoms with Crippen LogP contribution in [0.25, 0.3) is 0 Å². The maximum atomic E-state index is 12.2. The highest BCUT2D eigenvalue weighted by molar-refractivity contribution is 9.10. The van der Waals surface area contributed by atoms with E-state index in [-0.39, 0.29) is 5.91 Å². The maximum absolute atomic E-state index is 12.2. The third-order valence-electron chi connectivity index (χ3n) is 2.77. The van der Waals surface area contributed by atoms with Gasteiger partial charge in [-0.05, 0) is 58.2 Å². The lowest BCUT2D eigenvalue weighted by Gasteiger charge is -2.08. The molecule has 0 aliphatic carbocycles. The molecule has 0 aromatic heterocycles. The second-order valence-corrected chi connectivity index (χ2v) is 5.42. The SMILES string of the molecule is CCc1cccc(NC(=O)c2ccc(Cl)cc2Br)c1. The molecule has 0 aliphatic heterocycles. The molecule has 0 radical (unpaired) electrons. The molecule has 1 N–H and O–H groups in total. The first-order chi connectivity index (χ1) is 9.10. The van der Waals surface area contributed by atoms with Crippen molar-refractivity contribution >= 4 is 39.1 Å². The molecule has 2 aromatic rings. The second-order valence-electron chi connectivity index (χ2n) is 4.13. The highest BCUT2D eigenvalue weighted by Gasteiger charge is 2.10. The fraction of sp³-hybridized carbons (Fsp3) is 0.133. The molecule has 0 aliphatic rings. The molecule has 0 heterocycles. The summed E-state index contributed by atoms with van der Waals surface area (Å²) in [6.45, 7) is 2.08. The molecule has 2 aromatic carbocycles. The molecule has 0 unspecified atom stereocenters. The number of carbonyl (C=O) groups is 1. The Hall–Kier alpha value is -1.32. The summed E-state index contributed by atoms with van der Waals surface area (Å²) < 4.78 is 0.684. The smallest absolute Gasteiger partial charge is 0.256 e. The van der Waals surface area contributed by atoms with E-state index in [4.69, 9.17) is 11.6 Å². The van der Waals surface area contributed by atoms with Crippen LogP contribution in [-0.4, -0.2) is 5.91 Å². The normalized spacial score (nSPS) is 10.3. The molecule has 0 atom stereocenters. The van der Waals surface area contributed by atoms with Crippen LogP contribution in [0.4, 0.5) is 5.69 Å². The fourth-order valence-corrected chi connectivity index (χ4v) is 2.60. The lowest BCUT2D eigenvalue weighted by molar-refractivity contribution is 0.102. The van der Waals surface area contributed by atoms with E-state index >= 15 is 0 Å². The van der Waals surface area contributed by atoms with Crippen LogP contribution < -0.4 is 5.32 Å². The minimum absolute atomic E-state index is 0.156. The Morgan fingerprint density at radius 1 is 1.26 bits per heavy atom. The molecule has 0 spiro atoms. The monoisotopic (exact) mass is 337 g/mol. The van der Waals surface area contributed by atoms with Gasteiger partial charge in [0.2, 0.25) is 0 Å². The van der Waals surface area contributed by atoms with Gasteiger partial charge in [-0.25, -0.2) is 0 Å². The van der Waals surface area contributed by atoms with Crippen molar-refractivity contribution in [3.05, 3.63) is 63.1 Å². The predicted octanol–water partition coefficient (Wildman–Crippen LogP) is 4.92. The first-order valence-corrected chi connectivity index (χ1v) is 7.12. The largest absolute Gasteiger partial charge is 0.322 e. The molecular weight excluding hydrogens is 326 g/mol. The van der Waals surface area contributed by atoms with E-state index in [1.165, 1.54) is 5.56 Å². The summed E-state index contributed by atoms with van der Waals surface area (Å²) in [6.07, 6.45) is 0.939. The number of benzene rings is 2. The Kier molecular flexibility index (Phi) is 4.61. The molecule has 0 saturated heterocycles. The van der Waals surface area contributed by atoms with Crippen molar-refractivity contribution in [1.29, 1.82) is 0 Å². The molecule has 2 nitrogen and oxygen atoms in total. The quantitative estimate of drug-likeness (QED) is 0.846. The van der Waals surface area contributed by atoms with Crippen molar-refractivity contribution in [2.45, 2.75) is 13.3 Å². The van der Waals surface area contributed by atoms with E-state index in [1.807, 2.05) is 24.3 Å². The average Bonchev–Trinajstić information content (AvgIpc) is 2.38. The van der Waals surface area contributed by atoms with Crippen LogP contribution in [0, 0.1) is 0 Å². The summed E-state index contributed by atoms with van der Waals surface area (Å²) in [4.78, 5) is 12.2. The molecule has 98 valence electrons. The van der Waals surface area contributed by atoms with Gasteiger partial charge < -0.3 is 5.32 Å². The number of anilines is 1. The van der Waals surface area contributed by atoms with Crippen LogP contribution >= 0.6 is 27.5 Å². The number of hydrogen-bond donors (Lipinski definition) is 1.